The Kier molecular flexibility index (Phi) is 31.3. The predicted octanol–water partition coefficient (Wildman–Crippen LogP) is -0.723. The molecule has 0 aromatic heterocycles. The van der Waals surface area contributed by atoms with Crippen molar-refractivity contribution in [2.75, 3.05) is 0 Å². The molecule has 0 aliphatic heterocycles. The van der Waals surface area contributed by atoms with E-state index in [0.29, 0.717) is 12.2 Å². The Balaban J connectivity index is -0.000000250. The van der Waals surface area contributed by atoms with Gasteiger partial charge in [0.1, 0.15) is 0 Å². The number of aliphatic carboxylic acids is 4. The largest absolute Gasteiger partial charge is 2.00 e. The van der Waals surface area contributed by atoms with Crippen LogP contribution in [0.1, 0.15) is 91.9 Å². The Morgan fingerprint density at radius 1 is 0.618 bits per heavy atom. The molecule has 0 N–H and O–H groups in total. The topological polar surface area (TPSA) is 161 Å². The first-order valence-electron chi connectivity index (χ1n) is 11.3. The number of carboxylic acids is 4. The van der Waals surface area contributed by atoms with Gasteiger partial charge in [0.2, 0.25) is 0 Å². The van der Waals surface area contributed by atoms with Crippen molar-refractivity contribution in [3.63, 3.8) is 0 Å². The maximum atomic E-state index is 10.7. The van der Waals surface area contributed by atoms with Crippen LogP contribution in [0.5, 0.6) is 0 Å². The van der Waals surface area contributed by atoms with Crippen molar-refractivity contribution in [3.8, 4) is 0 Å². The maximum absolute atomic E-state index is 10.7. The average molecular weight is 533 g/mol. The van der Waals surface area contributed by atoms with Crippen molar-refractivity contribution < 1.29 is 39.6 Å². The molecule has 2 atom stereocenters. The molecule has 0 radical (unpaired) electrons. The van der Waals surface area contributed by atoms with Gasteiger partial charge in [-0.15, -0.1) is 0 Å². The van der Waals surface area contributed by atoms with E-state index in [1.807, 2.05) is 13.8 Å². The Morgan fingerprint density at radius 2 is 0.912 bits per heavy atom. The Hall–Kier alpha value is -0.121. The van der Waals surface area contributed by atoms with E-state index in [-0.39, 0.29) is 111 Å². The SMILES string of the molecule is CCCCC(CC)CC(=CC(=O)[O-])C(=O)[O-].CCCCC(CC)CC(=CC(=O)[O-])C(=O)[O-].[Ca+2].[Ca+2]. The summed E-state index contributed by atoms with van der Waals surface area (Å²) in [6.07, 6.45) is 9.34. The molecule has 0 aromatic rings. The number of carbonyl (C=O) groups is 4. The predicted molar refractivity (Wildman–Crippen MR) is 124 cm³/mol. The minimum atomic E-state index is -1.48. The maximum Gasteiger partial charge on any atom is 2.00 e. The molecule has 0 saturated heterocycles. The number of carboxylic acid groups (broad SMARTS) is 4. The van der Waals surface area contributed by atoms with E-state index in [2.05, 4.69) is 13.8 Å². The third-order valence-corrected chi connectivity index (χ3v) is 5.21. The standard InChI is InChI=1S/2C12H20O4.2Ca/c2*1-3-5-6-9(4-2)7-10(12(15)16)8-11(13)14;;/h2*8-9H,3-7H2,1-2H3,(H,13,14)(H,15,16);;/q;;2*+2/p-4. The number of rotatable bonds is 16. The summed E-state index contributed by atoms with van der Waals surface area (Å²) in [6, 6.07) is 0. The van der Waals surface area contributed by atoms with Crippen LogP contribution in [0, 0.1) is 11.8 Å². The minimum Gasteiger partial charge on any atom is -0.545 e. The van der Waals surface area contributed by atoms with Gasteiger partial charge in [0.05, 0.1) is 23.9 Å². The van der Waals surface area contributed by atoms with Gasteiger partial charge in [-0.25, -0.2) is 0 Å². The normalized spacial score (nSPS) is 12.7. The van der Waals surface area contributed by atoms with Crippen LogP contribution in [0.3, 0.4) is 0 Å². The van der Waals surface area contributed by atoms with Gasteiger partial charge in [-0.1, -0.05) is 79.1 Å². The minimum absolute atomic E-state index is 0. The first kappa shape index (κ1) is 41.0. The molecule has 10 heteroatoms. The molecule has 0 aromatic carbocycles. The fourth-order valence-electron chi connectivity index (χ4n) is 3.20. The molecule has 184 valence electrons. The molecule has 0 saturated carbocycles. The van der Waals surface area contributed by atoms with E-state index in [9.17, 15) is 39.6 Å². The van der Waals surface area contributed by atoms with Crippen molar-refractivity contribution in [3.05, 3.63) is 23.3 Å². The molecule has 0 bridgehead atoms. The van der Waals surface area contributed by atoms with Crippen LogP contribution in [-0.4, -0.2) is 99.4 Å². The molecule has 0 heterocycles. The van der Waals surface area contributed by atoms with E-state index in [0.717, 1.165) is 51.4 Å². The van der Waals surface area contributed by atoms with Gasteiger partial charge in [-0.2, -0.15) is 0 Å². The van der Waals surface area contributed by atoms with Gasteiger partial charge >= 0.3 is 75.5 Å². The summed E-state index contributed by atoms with van der Waals surface area (Å²) in [4.78, 5) is 42.0. The van der Waals surface area contributed by atoms with Crippen molar-refractivity contribution in [1.29, 1.82) is 0 Å². The van der Waals surface area contributed by atoms with E-state index in [1.54, 1.807) is 0 Å². The van der Waals surface area contributed by atoms with Crippen LogP contribution < -0.4 is 20.4 Å². The Morgan fingerprint density at radius 3 is 1.09 bits per heavy atom. The van der Waals surface area contributed by atoms with Gasteiger partial charge in [-0.3, -0.25) is 0 Å². The first-order valence-corrected chi connectivity index (χ1v) is 11.3. The number of hydrogen-bond donors (Lipinski definition) is 0. The summed E-state index contributed by atoms with van der Waals surface area (Å²) in [7, 11) is 0. The van der Waals surface area contributed by atoms with Crippen molar-refractivity contribution in [1.82, 2.24) is 0 Å². The van der Waals surface area contributed by atoms with Crippen LogP contribution in [0.2, 0.25) is 0 Å². The van der Waals surface area contributed by atoms with Crippen molar-refractivity contribution in [2.24, 2.45) is 11.8 Å². The number of hydrogen-bond acceptors (Lipinski definition) is 8. The Labute approximate surface area is 263 Å². The van der Waals surface area contributed by atoms with E-state index in [4.69, 9.17) is 0 Å². The fourth-order valence-corrected chi connectivity index (χ4v) is 3.20. The summed E-state index contributed by atoms with van der Waals surface area (Å²) < 4.78 is 0. The smallest absolute Gasteiger partial charge is 0.545 e. The summed E-state index contributed by atoms with van der Waals surface area (Å²) >= 11 is 0. The van der Waals surface area contributed by atoms with Crippen LogP contribution in [0.4, 0.5) is 0 Å². The third kappa shape index (κ3) is 23.6. The Bertz CT molecular complexity index is 603. The average Bonchev–Trinajstić information content (AvgIpc) is 2.72. The van der Waals surface area contributed by atoms with E-state index >= 15 is 0 Å². The van der Waals surface area contributed by atoms with E-state index in [1.165, 1.54) is 0 Å². The zero-order valence-corrected chi connectivity index (χ0v) is 25.5. The molecule has 0 rings (SSSR count). The molecule has 0 fully saturated rings. The van der Waals surface area contributed by atoms with Crippen LogP contribution in [-0.2, 0) is 19.2 Å². The molecular formula is C24H36Ca2O8. The molecule has 0 amide bonds. The molecule has 34 heavy (non-hydrogen) atoms. The summed E-state index contributed by atoms with van der Waals surface area (Å²) in [5.41, 5.74) is -0.356. The van der Waals surface area contributed by atoms with Crippen LogP contribution in [0.15, 0.2) is 23.3 Å². The molecule has 2 unspecified atom stereocenters. The summed E-state index contributed by atoms with van der Waals surface area (Å²) in [6.45, 7) is 8.05. The van der Waals surface area contributed by atoms with Crippen LogP contribution in [0.25, 0.3) is 0 Å². The van der Waals surface area contributed by atoms with Crippen LogP contribution >= 0.6 is 0 Å². The zero-order chi connectivity index (χ0) is 25.1. The monoisotopic (exact) mass is 532 g/mol. The fraction of sp³-hybridized carbons (Fsp3) is 0.667. The molecule has 0 spiro atoms. The summed E-state index contributed by atoms with van der Waals surface area (Å²) in [5.74, 6) is -5.40. The molecule has 8 nitrogen and oxygen atoms in total. The number of unbranched alkanes of at least 4 members (excludes halogenated alkanes) is 2. The van der Waals surface area contributed by atoms with Crippen molar-refractivity contribution in [2.45, 2.75) is 91.9 Å². The second-order valence-corrected chi connectivity index (χ2v) is 7.79. The second-order valence-electron chi connectivity index (χ2n) is 7.79. The second kappa shape index (κ2) is 26.0. The summed E-state index contributed by atoms with van der Waals surface area (Å²) in [5, 5.41) is 42.0. The molecule has 0 aliphatic rings. The van der Waals surface area contributed by atoms with Gasteiger partial charge in [0.25, 0.3) is 0 Å². The van der Waals surface area contributed by atoms with Crippen molar-refractivity contribution >= 4 is 99.4 Å². The molecular weight excluding hydrogens is 496 g/mol. The third-order valence-electron chi connectivity index (χ3n) is 5.21. The molecule has 0 aliphatic carbocycles. The van der Waals surface area contributed by atoms with Gasteiger partial charge in [-0.05, 0) is 48.0 Å². The number of carbonyl (C=O) groups excluding carboxylic acids is 4. The van der Waals surface area contributed by atoms with E-state index < -0.39 is 23.9 Å². The first-order chi connectivity index (χ1) is 15.0. The van der Waals surface area contributed by atoms with Gasteiger partial charge < -0.3 is 39.6 Å². The zero-order valence-electron chi connectivity index (χ0n) is 21.1. The van der Waals surface area contributed by atoms with Gasteiger partial charge in [0.15, 0.2) is 0 Å². The quantitative estimate of drug-likeness (QED) is 0.186. The van der Waals surface area contributed by atoms with Gasteiger partial charge in [0, 0.05) is 0 Å².